The maximum absolute atomic E-state index is 14.0. The summed E-state index contributed by atoms with van der Waals surface area (Å²) in [5.41, 5.74) is 3.44. The summed E-state index contributed by atoms with van der Waals surface area (Å²) in [6.45, 7) is 0.488. The smallest absolute Gasteiger partial charge is 0.256 e. The van der Waals surface area contributed by atoms with Gasteiger partial charge in [0.25, 0.3) is 11.8 Å². The van der Waals surface area contributed by atoms with E-state index < -0.39 is 5.82 Å². The zero-order chi connectivity index (χ0) is 20.4. The molecule has 0 spiro atoms. The molecule has 1 N–H and O–H groups in total. The lowest BCUT2D eigenvalue weighted by molar-refractivity contribution is -0.110. The molecule has 4 rings (SSSR count). The molecule has 0 aromatic heterocycles. The summed E-state index contributed by atoms with van der Waals surface area (Å²) in [4.78, 5) is 26.8. The third-order valence-corrected chi connectivity index (χ3v) is 4.86. The second kappa shape index (κ2) is 7.72. The lowest BCUT2D eigenvalue weighted by Crippen LogP contribution is -2.26. The lowest BCUT2D eigenvalue weighted by atomic mass is 10.0. The molecule has 1 aliphatic heterocycles. The molecule has 29 heavy (non-hydrogen) atoms. The summed E-state index contributed by atoms with van der Waals surface area (Å²) in [7, 11) is 1.74. The van der Waals surface area contributed by atoms with Gasteiger partial charge in [-0.15, -0.1) is 0 Å². The number of nitrogens with zero attached hydrogens (tertiary/aromatic N) is 1. The van der Waals surface area contributed by atoms with Crippen LogP contribution in [0.15, 0.2) is 72.8 Å². The van der Waals surface area contributed by atoms with Crippen molar-refractivity contribution >= 4 is 29.2 Å². The highest BCUT2D eigenvalue weighted by atomic mass is 19.1. The second-order valence-electron chi connectivity index (χ2n) is 6.94. The summed E-state index contributed by atoms with van der Waals surface area (Å²) >= 11 is 0. The van der Waals surface area contributed by atoms with Gasteiger partial charge in [0.1, 0.15) is 5.82 Å². The highest BCUT2D eigenvalue weighted by Gasteiger charge is 2.26. The second-order valence-corrected chi connectivity index (χ2v) is 6.94. The summed E-state index contributed by atoms with van der Waals surface area (Å²) in [5.74, 6) is -0.849. The number of fused-ring (bicyclic) bond motifs is 1. The molecule has 0 saturated carbocycles. The van der Waals surface area contributed by atoms with Gasteiger partial charge in [-0.1, -0.05) is 54.6 Å². The Labute approximate surface area is 168 Å². The van der Waals surface area contributed by atoms with Crippen LogP contribution in [0.2, 0.25) is 0 Å². The van der Waals surface area contributed by atoms with E-state index in [2.05, 4.69) is 5.32 Å². The highest BCUT2D eigenvalue weighted by molar-refractivity contribution is 6.35. The first-order valence-electron chi connectivity index (χ1n) is 9.24. The van der Waals surface area contributed by atoms with Gasteiger partial charge in [-0.2, -0.15) is 0 Å². The van der Waals surface area contributed by atoms with Crippen molar-refractivity contribution in [3.63, 3.8) is 0 Å². The van der Waals surface area contributed by atoms with Crippen LogP contribution in [0.25, 0.3) is 11.6 Å². The molecule has 1 heterocycles. The molecule has 144 valence electrons. The minimum absolute atomic E-state index is 0.141. The van der Waals surface area contributed by atoms with Crippen molar-refractivity contribution in [3.05, 3.63) is 101 Å². The number of anilines is 1. The Morgan fingerprint density at radius 1 is 1.03 bits per heavy atom. The maximum Gasteiger partial charge on any atom is 0.256 e. The summed E-state index contributed by atoms with van der Waals surface area (Å²) in [6.07, 6.45) is 1.53. The van der Waals surface area contributed by atoms with Crippen LogP contribution >= 0.6 is 0 Å². The van der Waals surface area contributed by atoms with Crippen molar-refractivity contribution in [3.8, 4) is 0 Å². The van der Waals surface area contributed by atoms with E-state index in [1.54, 1.807) is 48.3 Å². The molecule has 3 aromatic carbocycles. The fourth-order valence-corrected chi connectivity index (χ4v) is 3.37. The van der Waals surface area contributed by atoms with Crippen LogP contribution in [0, 0.1) is 5.82 Å². The average molecular weight is 386 g/mol. The third kappa shape index (κ3) is 3.80. The Kier molecular flexibility index (Phi) is 4.96. The lowest BCUT2D eigenvalue weighted by Gasteiger charge is -2.17. The first-order valence-corrected chi connectivity index (χ1v) is 9.24. The SMILES string of the molecule is CN(Cc1ccccc1)C(=O)c1ccc2c(c1)NC(=O)C2=Cc1ccccc1F. The summed E-state index contributed by atoms with van der Waals surface area (Å²) < 4.78 is 14.0. The normalized spacial score (nSPS) is 13.9. The van der Waals surface area contributed by atoms with Crippen LogP contribution in [0.4, 0.5) is 10.1 Å². The molecule has 3 aromatic rings. The number of hydrogen-bond donors (Lipinski definition) is 1. The van der Waals surface area contributed by atoms with Crippen molar-refractivity contribution in [1.82, 2.24) is 4.90 Å². The van der Waals surface area contributed by atoms with Crippen LogP contribution in [0.1, 0.15) is 27.0 Å². The molecule has 0 aliphatic carbocycles. The van der Waals surface area contributed by atoms with Crippen molar-refractivity contribution in [1.29, 1.82) is 0 Å². The quantitative estimate of drug-likeness (QED) is 0.667. The molecule has 4 nitrogen and oxygen atoms in total. The Morgan fingerprint density at radius 3 is 2.52 bits per heavy atom. The average Bonchev–Trinajstić information content (AvgIpc) is 3.04. The number of nitrogens with one attached hydrogen (secondary N) is 1. The fourth-order valence-electron chi connectivity index (χ4n) is 3.37. The van der Waals surface area contributed by atoms with E-state index in [-0.39, 0.29) is 11.8 Å². The van der Waals surface area contributed by atoms with Gasteiger partial charge in [-0.3, -0.25) is 9.59 Å². The first kappa shape index (κ1) is 18.6. The molecule has 1 aliphatic rings. The molecule has 0 radical (unpaired) electrons. The van der Waals surface area contributed by atoms with Crippen molar-refractivity contribution in [2.75, 3.05) is 12.4 Å². The summed E-state index contributed by atoms with van der Waals surface area (Å²) in [6, 6.07) is 21.1. The topological polar surface area (TPSA) is 49.4 Å². The number of rotatable bonds is 4. The molecule has 0 fully saturated rings. The molecule has 5 heteroatoms. The Balaban J connectivity index is 1.60. The molecule has 2 amide bonds. The Hall–Kier alpha value is -3.73. The standard InChI is InChI=1S/C24H19FN2O2/c1-27(15-16-7-3-2-4-8-16)24(29)18-11-12-19-20(23(28)26-22(19)14-18)13-17-9-5-6-10-21(17)25/h2-14H,15H2,1H3,(H,26,28). The van der Waals surface area contributed by atoms with Crippen LogP contribution in [0.3, 0.4) is 0 Å². The summed E-state index contributed by atoms with van der Waals surface area (Å²) in [5, 5.41) is 2.77. The Bertz CT molecular complexity index is 1120. The van der Waals surface area contributed by atoms with Crippen LogP contribution in [-0.2, 0) is 11.3 Å². The molecular formula is C24H19FN2O2. The monoisotopic (exact) mass is 386 g/mol. The molecule has 0 unspecified atom stereocenters. The van der Waals surface area contributed by atoms with Crippen LogP contribution in [0.5, 0.6) is 0 Å². The van der Waals surface area contributed by atoms with E-state index in [1.165, 1.54) is 12.1 Å². The number of carbonyl (C=O) groups excluding carboxylic acids is 2. The molecular weight excluding hydrogens is 367 g/mol. The number of carbonyl (C=O) groups is 2. The first-order chi connectivity index (χ1) is 14.0. The van der Waals surface area contributed by atoms with E-state index in [0.29, 0.717) is 34.5 Å². The predicted molar refractivity (Wildman–Crippen MR) is 112 cm³/mol. The van der Waals surface area contributed by atoms with E-state index in [9.17, 15) is 14.0 Å². The fraction of sp³-hybridized carbons (Fsp3) is 0.0833. The van der Waals surface area contributed by atoms with Crippen molar-refractivity contribution in [2.45, 2.75) is 6.54 Å². The van der Waals surface area contributed by atoms with Crippen LogP contribution in [-0.4, -0.2) is 23.8 Å². The predicted octanol–water partition coefficient (Wildman–Crippen LogP) is 4.59. The van der Waals surface area contributed by atoms with Gasteiger partial charge in [0.05, 0.1) is 0 Å². The molecule has 0 bridgehead atoms. The Morgan fingerprint density at radius 2 is 1.76 bits per heavy atom. The van der Waals surface area contributed by atoms with Crippen molar-refractivity contribution < 1.29 is 14.0 Å². The van der Waals surface area contributed by atoms with E-state index in [1.807, 2.05) is 30.3 Å². The highest BCUT2D eigenvalue weighted by Crippen LogP contribution is 2.34. The van der Waals surface area contributed by atoms with Gasteiger partial charge >= 0.3 is 0 Å². The number of halogens is 1. The van der Waals surface area contributed by atoms with E-state index >= 15 is 0 Å². The van der Waals surface area contributed by atoms with Gasteiger partial charge in [0, 0.05) is 41.5 Å². The largest absolute Gasteiger partial charge is 0.337 e. The van der Waals surface area contributed by atoms with E-state index in [0.717, 1.165) is 5.56 Å². The van der Waals surface area contributed by atoms with Gasteiger partial charge < -0.3 is 10.2 Å². The number of benzene rings is 3. The van der Waals surface area contributed by atoms with Gasteiger partial charge in [0.2, 0.25) is 0 Å². The zero-order valence-corrected chi connectivity index (χ0v) is 15.9. The van der Waals surface area contributed by atoms with Crippen LogP contribution < -0.4 is 5.32 Å². The number of amides is 2. The van der Waals surface area contributed by atoms with Gasteiger partial charge in [-0.05, 0) is 29.8 Å². The molecule has 0 saturated heterocycles. The number of hydrogen-bond acceptors (Lipinski definition) is 2. The van der Waals surface area contributed by atoms with Crippen molar-refractivity contribution in [2.24, 2.45) is 0 Å². The third-order valence-electron chi connectivity index (χ3n) is 4.86. The maximum atomic E-state index is 14.0. The minimum atomic E-state index is -0.393. The van der Waals surface area contributed by atoms with E-state index in [4.69, 9.17) is 0 Å². The molecule has 0 atom stereocenters. The van der Waals surface area contributed by atoms with Gasteiger partial charge in [0.15, 0.2) is 0 Å². The zero-order valence-electron chi connectivity index (χ0n) is 15.9. The minimum Gasteiger partial charge on any atom is -0.337 e. The van der Waals surface area contributed by atoms with Gasteiger partial charge in [-0.25, -0.2) is 4.39 Å².